The molecular formula is C12H18F4. The van der Waals surface area contributed by atoms with Crippen molar-refractivity contribution in [2.24, 2.45) is 11.8 Å². The van der Waals surface area contributed by atoms with Gasteiger partial charge in [-0.2, -0.15) is 0 Å². The third kappa shape index (κ3) is 2.51. The first-order chi connectivity index (χ1) is 7.58. The normalized spacial score (nSPS) is 50.2. The molecule has 2 fully saturated rings. The fourth-order valence-electron chi connectivity index (χ4n) is 3.10. The van der Waals surface area contributed by atoms with Crippen molar-refractivity contribution in [3.63, 3.8) is 0 Å². The van der Waals surface area contributed by atoms with E-state index in [1.165, 1.54) is 0 Å². The van der Waals surface area contributed by atoms with Crippen LogP contribution in [-0.2, 0) is 0 Å². The molecule has 0 amide bonds. The van der Waals surface area contributed by atoms with Gasteiger partial charge in [-0.05, 0) is 50.4 Å². The molecule has 0 nitrogen and oxygen atoms in total. The predicted octanol–water partition coefficient (Wildman–Crippen LogP) is 3.94. The molecule has 0 N–H and O–H groups in total. The molecule has 0 aromatic heterocycles. The van der Waals surface area contributed by atoms with Gasteiger partial charge in [0.15, 0.2) is 6.17 Å². The van der Waals surface area contributed by atoms with E-state index in [9.17, 15) is 17.6 Å². The van der Waals surface area contributed by atoms with E-state index < -0.39 is 24.7 Å². The molecule has 0 aromatic rings. The van der Waals surface area contributed by atoms with Crippen LogP contribution in [0.5, 0.6) is 0 Å². The third-order valence-corrected chi connectivity index (χ3v) is 4.11. The minimum atomic E-state index is -1.95. The Kier molecular flexibility index (Phi) is 3.75. The Hall–Kier alpha value is -0.280. The molecule has 16 heavy (non-hydrogen) atoms. The molecule has 2 aliphatic carbocycles. The lowest BCUT2D eigenvalue weighted by atomic mass is 9.72. The van der Waals surface area contributed by atoms with Gasteiger partial charge in [0.25, 0.3) is 0 Å². The number of rotatable bonds is 1. The molecule has 2 unspecified atom stereocenters. The first kappa shape index (κ1) is 12.2. The second kappa shape index (κ2) is 4.92. The summed E-state index contributed by atoms with van der Waals surface area (Å²) in [6, 6.07) is 0. The van der Waals surface area contributed by atoms with Gasteiger partial charge in [-0.15, -0.1) is 0 Å². The van der Waals surface area contributed by atoms with Gasteiger partial charge in [0.1, 0.15) is 18.5 Å². The van der Waals surface area contributed by atoms with E-state index in [-0.39, 0.29) is 24.7 Å². The lowest BCUT2D eigenvalue weighted by molar-refractivity contribution is -0.00549. The van der Waals surface area contributed by atoms with Crippen LogP contribution in [0.4, 0.5) is 17.6 Å². The van der Waals surface area contributed by atoms with Crippen LogP contribution in [0.2, 0.25) is 0 Å². The number of alkyl halides is 4. The number of hydrogen-bond donors (Lipinski definition) is 0. The lowest BCUT2D eigenvalue weighted by Crippen LogP contribution is -2.40. The highest BCUT2D eigenvalue weighted by atomic mass is 19.2. The minimum absolute atomic E-state index is 0.0931. The van der Waals surface area contributed by atoms with Gasteiger partial charge >= 0.3 is 0 Å². The third-order valence-electron chi connectivity index (χ3n) is 4.11. The average Bonchev–Trinajstić information content (AvgIpc) is 2.26. The van der Waals surface area contributed by atoms with Gasteiger partial charge in [-0.25, -0.2) is 17.6 Å². The number of hydrogen-bond acceptors (Lipinski definition) is 0. The van der Waals surface area contributed by atoms with Crippen molar-refractivity contribution >= 4 is 0 Å². The van der Waals surface area contributed by atoms with E-state index in [2.05, 4.69) is 0 Å². The molecule has 0 heterocycles. The molecule has 4 heteroatoms. The first-order valence-corrected chi connectivity index (χ1v) is 6.14. The van der Waals surface area contributed by atoms with Gasteiger partial charge in [0.05, 0.1) is 0 Å². The Balaban J connectivity index is 1.90. The van der Waals surface area contributed by atoms with Crippen molar-refractivity contribution in [3.05, 3.63) is 0 Å². The van der Waals surface area contributed by atoms with Crippen LogP contribution in [0, 0.1) is 11.8 Å². The van der Waals surface area contributed by atoms with Crippen LogP contribution in [0.25, 0.3) is 0 Å². The molecular weight excluding hydrogens is 220 g/mol. The molecule has 2 rings (SSSR count). The quantitative estimate of drug-likeness (QED) is 0.607. The highest BCUT2D eigenvalue weighted by molar-refractivity contribution is 4.90. The summed E-state index contributed by atoms with van der Waals surface area (Å²) in [5, 5.41) is 0. The maximum absolute atomic E-state index is 13.2. The highest BCUT2D eigenvalue weighted by Crippen LogP contribution is 2.41. The van der Waals surface area contributed by atoms with Crippen LogP contribution in [0.15, 0.2) is 0 Å². The van der Waals surface area contributed by atoms with E-state index in [0.29, 0.717) is 25.7 Å². The van der Waals surface area contributed by atoms with Crippen molar-refractivity contribution in [3.8, 4) is 0 Å². The van der Waals surface area contributed by atoms with Gasteiger partial charge in [0.2, 0.25) is 0 Å². The summed E-state index contributed by atoms with van der Waals surface area (Å²) in [6.07, 6.45) is -3.43. The van der Waals surface area contributed by atoms with Crippen molar-refractivity contribution < 1.29 is 17.6 Å². The van der Waals surface area contributed by atoms with Crippen molar-refractivity contribution in [2.75, 3.05) is 0 Å². The predicted molar refractivity (Wildman–Crippen MR) is 54.3 cm³/mol. The Labute approximate surface area is 93.4 Å². The Morgan fingerprint density at radius 3 is 1.62 bits per heavy atom. The van der Waals surface area contributed by atoms with Crippen molar-refractivity contribution in [1.29, 1.82) is 0 Å². The van der Waals surface area contributed by atoms with E-state index in [1.807, 2.05) is 0 Å². The highest BCUT2D eigenvalue weighted by Gasteiger charge is 2.41. The van der Waals surface area contributed by atoms with E-state index in [1.54, 1.807) is 0 Å². The van der Waals surface area contributed by atoms with E-state index >= 15 is 0 Å². The molecule has 0 spiro atoms. The smallest absolute Gasteiger partial charge is 0.162 e. The molecule has 2 saturated carbocycles. The molecule has 2 aliphatic rings. The summed E-state index contributed by atoms with van der Waals surface area (Å²) in [7, 11) is 0. The molecule has 2 atom stereocenters. The van der Waals surface area contributed by atoms with Gasteiger partial charge in [-0.3, -0.25) is 0 Å². The zero-order valence-corrected chi connectivity index (χ0v) is 9.22. The van der Waals surface area contributed by atoms with Gasteiger partial charge in [0, 0.05) is 0 Å². The molecule has 0 aromatic carbocycles. The second-order valence-electron chi connectivity index (χ2n) is 5.22. The minimum Gasteiger partial charge on any atom is -0.247 e. The van der Waals surface area contributed by atoms with Crippen LogP contribution >= 0.6 is 0 Å². The summed E-state index contributed by atoms with van der Waals surface area (Å²) < 4.78 is 52.3. The first-order valence-electron chi connectivity index (χ1n) is 6.14. The number of halogens is 4. The standard InChI is InChI=1S/C12H18F4/c13-9-3-1-7(2-4-9)8-5-10(14)12(16)11(15)6-8/h7-12H,1-6H2. The molecule has 0 bridgehead atoms. The fraction of sp³-hybridized carbons (Fsp3) is 1.00. The van der Waals surface area contributed by atoms with Gasteiger partial charge in [-0.1, -0.05) is 0 Å². The Morgan fingerprint density at radius 1 is 0.625 bits per heavy atom. The summed E-state index contributed by atoms with van der Waals surface area (Å²) in [5.41, 5.74) is 0. The average molecular weight is 238 g/mol. The monoisotopic (exact) mass is 238 g/mol. The maximum atomic E-state index is 13.2. The van der Waals surface area contributed by atoms with Crippen LogP contribution in [0.1, 0.15) is 38.5 Å². The SMILES string of the molecule is FC1CCC(C2CC(F)C(F)C(F)C2)CC1. The van der Waals surface area contributed by atoms with Crippen molar-refractivity contribution in [2.45, 2.75) is 63.2 Å². The Morgan fingerprint density at radius 2 is 1.12 bits per heavy atom. The summed E-state index contributed by atoms with van der Waals surface area (Å²) in [5.74, 6) is 0.0977. The maximum Gasteiger partial charge on any atom is 0.162 e. The summed E-state index contributed by atoms with van der Waals surface area (Å²) in [6.45, 7) is 0. The van der Waals surface area contributed by atoms with Crippen LogP contribution in [-0.4, -0.2) is 24.7 Å². The van der Waals surface area contributed by atoms with Gasteiger partial charge < -0.3 is 0 Å². The van der Waals surface area contributed by atoms with E-state index in [0.717, 1.165) is 0 Å². The molecule has 94 valence electrons. The second-order valence-corrected chi connectivity index (χ2v) is 5.22. The van der Waals surface area contributed by atoms with Crippen LogP contribution in [0.3, 0.4) is 0 Å². The largest absolute Gasteiger partial charge is 0.247 e. The molecule has 0 radical (unpaired) electrons. The summed E-state index contributed by atoms with van der Waals surface area (Å²) in [4.78, 5) is 0. The molecule has 0 aliphatic heterocycles. The van der Waals surface area contributed by atoms with Crippen molar-refractivity contribution in [1.82, 2.24) is 0 Å². The fourth-order valence-corrected chi connectivity index (χ4v) is 3.10. The zero-order valence-electron chi connectivity index (χ0n) is 9.22. The summed E-state index contributed by atoms with van der Waals surface area (Å²) >= 11 is 0. The Bertz CT molecular complexity index is 213. The zero-order chi connectivity index (χ0) is 11.7. The lowest BCUT2D eigenvalue weighted by Gasteiger charge is -2.37. The topological polar surface area (TPSA) is 0 Å². The van der Waals surface area contributed by atoms with E-state index in [4.69, 9.17) is 0 Å². The van der Waals surface area contributed by atoms with Crippen LogP contribution < -0.4 is 0 Å². The molecule has 0 saturated heterocycles.